The summed E-state index contributed by atoms with van der Waals surface area (Å²) in [5.74, 6) is 0.411. The lowest BCUT2D eigenvalue weighted by molar-refractivity contribution is 0.0299. The molecular weight excluding hydrogens is 244 g/mol. The molecule has 1 aromatic rings. The summed E-state index contributed by atoms with van der Waals surface area (Å²) in [5.41, 5.74) is 0.282. The monoisotopic (exact) mass is 264 g/mol. The summed E-state index contributed by atoms with van der Waals surface area (Å²) < 4.78 is 5.24. The Morgan fingerprint density at radius 2 is 2.05 bits per heavy atom. The molecule has 2 rings (SSSR count). The van der Waals surface area contributed by atoms with Crippen molar-refractivity contribution in [2.45, 2.75) is 26.3 Å². The second kappa shape index (κ2) is 5.52. The van der Waals surface area contributed by atoms with Crippen molar-refractivity contribution in [3.8, 4) is 0 Å². The van der Waals surface area contributed by atoms with E-state index in [4.69, 9.17) is 4.74 Å². The highest BCUT2D eigenvalue weighted by Gasteiger charge is 2.20. The van der Waals surface area contributed by atoms with E-state index in [0.717, 1.165) is 0 Å². The van der Waals surface area contributed by atoms with Crippen LogP contribution in [0.15, 0.2) is 12.3 Å². The molecule has 1 fully saturated rings. The Morgan fingerprint density at radius 3 is 2.68 bits per heavy atom. The van der Waals surface area contributed by atoms with Crippen molar-refractivity contribution in [1.29, 1.82) is 0 Å². The molecule has 0 radical (unpaired) electrons. The highest BCUT2D eigenvalue weighted by atomic mass is 16.5. The first-order valence-corrected chi connectivity index (χ1v) is 6.44. The van der Waals surface area contributed by atoms with Gasteiger partial charge in [0.2, 0.25) is 5.95 Å². The number of carbonyl (C=O) groups is 1. The van der Waals surface area contributed by atoms with E-state index in [1.54, 1.807) is 17.2 Å². The topological polar surface area (TPSA) is 67.4 Å². The van der Waals surface area contributed by atoms with E-state index in [-0.39, 0.29) is 11.4 Å². The van der Waals surface area contributed by atoms with Crippen LogP contribution >= 0.6 is 0 Å². The van der Waals surface area contributed by atoms with Crippen molar-refractivity contribution in [3.63, 3.8) is 0 Å². The number of aromatic nitrogens is 2. The average Bonchev–Trinajstić information content (AvgIpc) is 2.37. The Balaban J connectivity index is 2.11. The summed E-state index contributed by atoms with van der Waals surface area (Å²) in [6.07, 6.45) is 1.61. The lowest BCUT2D eigenvalue weighted by Crippen LogP contribution is -2.41. The predicted molar refractivity (Wildman–Crippen MR) is 72.1 cm³/mol. The number of anilines is 1. The molecule has 1 amide bonds. The lowest BCUT2D eigenvalue weighted by atomic mass is 10.1. The summed E-state index contributed by atoms with van der Waals surface area (Å²) >= 11 is 0. The highest BCUT2D eigenvalue weighted by molar-refractivity contribution is 5.92. The van der Waals surface area contributed by atoms with Gasteiger partial charge in [-0.3, -0.25) is 4.79 Å². The molecule has 0 atom stereocenters. The van der Waals surface area contributed by atoms with Crippen molar-refractivity contribution in [3.05, 3.63) is 18.0 Å². The fraction of sp³-hybridized carbons (Fsp3) is 0.615. The average molecular weight is 264 g/mol. The summed E-state index contributed by atoms with van der Waals surface area (Å²) in [7, 11) is 0. The minimum Gasteiger partial charge on any atom is -0.378 e. The predicted octanol–water partition coefficient (Wildman–Crippen LogP) is 1.16. The molecule has 0 bridgehead atoms. The van der Waals surface area contributed by atoms with Gasteiger partial charge in [0, 0.05) is 24.8 Å². The maximum Gasteiger partial charge on any atom is 0.272 e. The van der Waals surface area contributed by atoms with Crippen LogP contribution in [0.1, 0.15) is 31.3 Å². The number of ether oxygens (including phenoxy) is 1. The SMILES string of the molecule is CC(C)(C)Nc1nccc(C(=O)N2CCOCC2)n1. The van der Waals surface area contributed by atoms with Crippen LogP contribution in [0.2, 0.25) is 0 Å². The fourth-order valence-electron chi connectivity index (χ4n) is 1.80. The van der Waals surface area contributed by atoms with Crippen LogP contribution in [-0.4, -0.2) is 52.6 Å². The van der Waals surface area contributed by atoms with Crippen LogP contribution in [-0.2, 0) is 4.74 Å². The second-order valence-corrected chi connectivity index (χ2v) is 5.55. The summed E-state index contributed by atoms with van der Waals surface area (Å²) in [4.78, 5) is 22.4. The fourth-order valence-corrected chi connectivity index (χ4v) is 1.80. The van der Waals surface area contributed by atoms with Crippen LogP contribution in [0.25, 0.3) is 0 Å². The van der Waals surface area contributed by atoms with Gasteiger partial charge in [-0.1, -0.05) is 0 Å². The number of rotatable bonds is 2. The zero-order chi connectivity index (χ0) is 13.9. The van der Waals surface area contributed by atoms with E-state index in [9.17, 15) is 4.79 Å². The van der Waals surface area contributed by atoms with Gasteiger partial charge in [0.05, 0.1) is 13.2 Å². The van der Waals surface area contributed by atoms with Gasteiger partial charge in [-0.25, -0.2) is 9.97 Å². The van der Waals surface area contributed by atoms with E-state index >= 15 is 0 Å². The van der Waals surface area contributed by atoms with Crippen LogP contribution in [0.4, 0.5) is 5.95 Å². The first kappa shape index (κ1) is 13.7. The normalized spacial score (nSPS) is 16.3. The second-order valence-electron chi connectivity index (χ2n) is 5.55. The maximum atomic E-state index is 12.3. The smallest absolute Gasteiger partial charge is 0.272 e. The van der Waals surface area contributed by atoms with Gasteiger partial charge in [-0.05, 0) is 26.8 Å². The summed E-state index contributed by atoms with van der Waals surface area (Å²) in [6.45, 7) is 8.47. The van der Waals surface area contributed by atoms with Gasteiger partial charge in [-0.15, -0.1) is 0 Å². The van der Waals surface area contributed by atoms with Gasteiger partial charge in [0.1, 0.15) is 5.69 Å². The van der Waals surface area contributed by atoms with Gasteiger partial charge >= 0.3 is 0 Å². The van der Waals surface area contributed by atoms with Gasteiger partial charge in [0.25, 0.3) is 5.91 Å². The zero-order valence-corrected chi connectivity index (χ0v) is 11.6. The van der Waals surface area contributed by atoms with E-state index in [1.807, 2.05) is 20.8 Å². The molecule has 0 spiro atoms. The Labute approximate surface area is 113 Å². The van der Waals surface area contributed by atoms with Gasteiger partial charge < -0.3 is 15.0 Å². The summed E-state index contributed by atoms with van der Waals surface area (Å²) in [6, 6.07) is 1.64. The van der Waals surface area contributed by atoms with Crippen molar-refractivity contribution in [2.24, 2.45) is 0 Å². The number of amides is 1. The highest BCUT2D eigenvalue weighted by Crippen LogP contribution is 2.11. The Bertz CT molecular complexity index is 450. The van der Waals surface area contributed by atoms with E-state index in [2.05, 4.69) is 15.3 Å². The molecule has 1 saturated heterocycles. The van der Waals surface area contributed by atoms with Crippen LogP contribution < -0.4 is 5.32 Å². The number of carbonyl (C=O) groups excluding carboxylic acids is 1. The molecule has 0 unspecified atom stereocenters. The van der Waals surface area contributed by atoms with E-state index in [0.29, 0.717) is 37.9 Å². The van der Waals surface area contributed by atoms with Gasteiger partial charge in [-0.2, -0.15) is 0 Å². The Hall–Kier alpha value is -1.69. The molecule has 1 N–H and O–H groups in total. The summed E-state index contributed by atoms with van der Waals surface area (Å²) in [5, 5.41) is 3.16. The van der Waals surface area contributed by atoms with E-state index < -0.39 is 0 Å². The van der Waals surface area contributed by atoms with Crippen LogP contribution in [0, 0.1) is 0 Å². The van der Waals surface area contributed by atoms with Gasteiger partial charge in [0.15, 0.2) is 0 Å². The number of nitrogens with zero attached hydrogens (tertiary/aromatic N) is 3. The third kappa shape index (κ3) is 3.89. The largest absolute Gasteiger partial charge is 0.378 e. The van der Waals surface area contributed by atoms with Crippen molar-refractivity contribution >= 4 is 11.9 Å². The zero-order valence-electron chi connectivity index (χ0n) is 11.6. The number of hydrogen-bond acceptors (Lipinski definition) is 5. The number of hydrogen-bond donors (Lipinski definition) is 1. The number of nitrogens with one attached hydrogen (secondary N) is 1. The Morgan fingerprint density at radius 1 is 1.37 bits per heavy atom. The van der Waals surface area contributed by atoms with Crippen molar-refractivity contribution in [2.75, 3.05) is 31.6 Å². The van der Waals surface area contributed by atoms with Crippen LogP contribution in [0.3, 0.4) is 0 Å². The van der Waals surface area contributed by atoms with E-state index in [1.165, 1.54) is 0 Å². The third-order valence-electron chi connectivity index (χ3n) is 2.66. The first-order chi connectivity index (χ1) is 8.96. The molecule has 1 aliphatic rings. The molecule has 1 aliphatic heterocycles. The molecule has 6 heteroatoms. The van der Waals surface area contributed by atoms with Crippen molar-refractivity contribution < 1.29 is 9.53 Å². The van der Waals surface area contributed by atoms with Crippen molar-refractivity contribution in [1.82, 2.24) is 14.9 Å². The quantitative estimate of drug-likeness (QED) is 0.868. The number of morpholine rings is 1. The standard InChI is InChI=1S/C13H20N4O2/c1-13(2,3)16-12-14-5-4-10(15-12)11(18)17-6-8-19-9-7-17/h4-5H,6-9H2,1-3H3,(H,14,15,16). The molecule has 19 heavy (non-hydrogen) atoms. The molecule has 0 aliphatic carbocycles. The lowest BCUT2D eigenvalue weighted by Gasteiger charge is -2.26. The minimum atomic E-state index is -0.138. The van der Waals surface area contributed by atoms with Crippen LogP contribution in [0.5, 0.6) is 0 Å². The molecule has 0 aromatic carbocycles. The first-order valence-electron chi connectivity index (χ1n) is 6.44. The molecule has 6 nitrogen and oxygen atoms in total. The maximum absolute atomic E-state index is 12.3. The molecule has 1 aromatic heterocycles. The minimum absolute atomic E-state index is 0.0670. The Kier molecular flexibility index (Phi) is 3.99. The molecule has 2 heterocycles. The molecule has 104 valence electrons. The third-order valence-corrected chi connectivity index (χ3v) is 2.66. The molecular formula is C13H20N4O2. The molecule has 0 saturated carbocycles.